The molecule has 1 aliphatic heterocycles. The van der Waals surface area contributed by atoms with Crippen molar-refractivity contribution in [2.75, 3.05) is 13.7 Å². The Morgan fingerprint density at radius 1 is 1.33 bits per heavy atom. The number of aromatic amines is 1. The van der Waals surface area contributed by atoms with Crippen LogP contribution in [0.1, 0.15) is 49.8 Å². The highest BCUT2D eigenvalue weighted by Crippen LogP contribution is 2.37. The normalized spacial score (nSPS) is 30.3. The van der Waals surface area contributed by atoms with Crippen LogP contribution in [-0.4, -0.2) is 45.9 Å². The fourth-order valence-corrected chi connectivity index (χ4v) is 3.39. The average Bonchev–Trinajstić information content (AvgIpc) is 3.07. The van der Waals surface area contributed by atoms with Crippen molar-refractivity contribution in [2.24, 2.45) is 0 Å². The Labute approximate surface area is 108 Å². The molecular weight excluding hydrogens is 228 g/mol. The SMILES string of the molecule is CO[C@@H]1C[C@@H](c2n[nH]c(C)n2)N(C2CCCC2)C1. The van der Waals surface area contributed by atoms with E-state index in [1.807, 2.05) is 14.0 Å². The predicted octanol–water partition coefficient (Wildman–Crippen LogP) is 1.82. The van der Waals surface area contributed by atoms with Crippen LogP contribution >= 0.6 is 0 Å². The number of nitrogens with one attached hydrogen (secondary N) is 1. The molecule has 100 valence electrons. The van der Waals surface area contributed by atoms with Crippen LogP contribution in [0.3, 0.4) is 0 Å². The van der Waals surface area contributed by atoms with Gasteiger partial charge in [0.2, 0.25) is 0 Å². The van der Waals surface area contributed by atoms with Gasteiger partial charge in [-0.2, -0.15) is 5.10 Å². The molecule has 0 spiro atoms. The standard InChI is InChI=1S/C13H22N4O/c1-9-14-13(16-15-9)12-7-11(18-2)8-17(12)10-5-3-4-6-10/h10-12H,3-8H2,1-2H3,(H,14,15,16)/t11-,12+/m1/s1. The van der Waals surface area contributed by atoms with Crippen molar-refractivity contribution in [3.05, 3.63) is 11.6 Å². The molecule has 2 atom stereocenters. The number of H-pyrrole nitrogens is 1. The van der Waals surface area contributed by atoms with Crippen LogP contribution in [0.5, 0.6) is 0 Å². The fourth-order valence-electron chi connectivity index (χ4n) is 3.39. The van der Waals surface area contributed by atoms with Crippen LogP contribution in [0.15, 0.2) is 0 Å². The Hall–Kier alpha value is -0.940. The van der Waals surface area contributed by atoms with Gasteiger partial charge in [-0.05, 0) is 26.2 Å². The van der Waals surface area contributed by atoms with E-state index in [1.165, 1.54) is 25.7 Å². The highest BCUT2D eigenvalue weighted by molar-refractivity contribution is 5.03. The molecule has 1 aromatic heterocycles. The summed E-state index contributed by atoms with van der Waals surface area (Å²) in [6.45, 7) is 2.98. The molecule has 18 heavy (non-hydrogen) atoms. The molecule has 0 radical (unpaired) electrons. The van der Waals surface area contributed by atoms with Gasteiger partial charge in [-0.25, -0.2) is 4.98 Å². The van der Waals surface area contributed by atoms with E-state index in [0.29, 0.717) is 18.2 Å². The molecule has 0 aromatic carbocycles. The first-order chi connectivity index (χ1) is 8.78. The molecule has 0 unspecified atom stereocenters. The minimum absolute atomic E-state index is 0.328. The van der Waals surface area contributed by atoms with Gasteiger partial charge in [0.05, 0.1) is 12.1 Å². The molecule has 1 N–H and O–H groups in total. The second kappa shape index (κ2) is 4.97. The summed E-state index contributed by atoms with van der Waals surface area (Å²) in [6.07, 6.45) is 6.70. The lowest BCUT2D eigenvalue weighted by atomic mass is 10.1. The van der Waals surface area contributed by atoms with E-state index < -0.39 is 0 Å². The number of ether oxygens (including phenoxy) is 1. The second-order valence-electron chi connectivity index (χ2n) is 5.52. The van der Waals surface area contributed by atoms with E-state index in [-0.39, 0.29) is 0 Å². The van der Waals surface area contributed by atoms with Gasteiger partial charge in [-0.15, -0.1) is 0 Å². The number of hydrogen-bond acceptors (Lipinski definition) is 4. The van der Waals surface area contributed by atoms with Gasteiger partial charge in [-0.1, -0.05) is 12.8 Å². The number of aromatic nitrogens is 3. The minimum Gasteiger partial charge on any atom is -0.380 e. The van der Waals surface area contributed by atoms with Crippen LogP contribution in [0.4, 0.5) is 0 Å². The van der Waals surface area contributed by atoms with Crippen LogP contribution in [0.25, 0.3) is 0 Å². The van der Waals surface area contributed by atoms with E-state index in [4.69, 9.17) is 4.74 Å². The first-order valence-corrected chi connectivity index (χ1v) is 6.95. The van der Waals surface area contributed by atoms with E-state index >= 15 is 0 Å². The molecule has 1 aromatic rings. The molecule has 2 fully saturated rings. The molecule has 0 amide bonds. The van der Waals surface area contributed by atoms with Crippen molar-refractivity contribution in [1.82, 2.24) is 20.1 Å². The van der Waals surface area contributed by atoms with Crippen molar-refractivity contribution >= 4 is 0 Å². The fraction of sp³-hybridized carbons (Fsp3) is 0.846. The summed E-state index contributed by atoms with van der Waals surface area (Å²) in [4.78, 5) is 7.09. The van der Waals surface area contributed by atoms with Gasteiger partial charge in [-0.3, -0.25) is 10.00 Å². The minimum atomic E-state index is 0.328. The van der Waals surface area contributed by atoms with Crippen LogP contribution in [0.2, 0.25) is 0 Å². The van der Waals surface area contributed by atoms with Gasteiger partial charge in [0.15, 0.2) is 5.82 Å². The van der Waals surface area contributed by atoms with Gasteiger partial charge < -0.3 is 4.74 Å². The number of rotatable bonds is 3. The molecule has 0 bridgehead atoms. The predicted molar refractivity (Wildman–Crippen MR) is 68.2 cm³/mol. The Balaban J connectivity index is 1.80. The molecular formula is C13H22N4O. The summed E-state index contributed by atoms with van der Waals surface area (Å²) >= 11 is 0. The second-order valence-corrected chi connectivity index (χ2v) is 5.52. The third-order valence-corrected chi connectivity index (χ3v) is 4.34. The maximum atomic E-state index is 5.55. The Kier molecular flexibility index (Phi) is 3.35. The molecule has 1 saturated heterocycles. The number of methoxy groups -OCH3 is 1. The smallest absolute Gasteiger partial charge is 0.167 e. The molecule has 2 aliphatic rings. The summed E-state index contributed by atoms with van der Waals surface area (Å²) in [5.74, 6) is 1.84. The number of hydrogen-bond donors (Lipinski definition) is 1. The largest absolute Gasteiger partial charge is 0.380 e. The Morgan fingerprint density at radius 3 is 2.72 bits per heavy atom. The van der Waals surface area contributed by atoms with Gasteiger partial charge in [0, 0.05) is 19.7 Å². The summed E-state index contributed by atoms with van der Waals surface area (Å²) < 4.78 is 5.55. The molecule has 1 saturated carbocycles. The lowest BCUT2D eigenvalue weighted by Gasteiger charge is -2.28. The Morgan fingerprint density at radius 2 is 2.11 bits per heavy atom. The van der Waals surface area contributed by atoms with Crippen molar-refractivity contribution in [3.63, 3.8) is 0 Å². The van der Waals surface area contributed by atoms with Crippen LogP contribution < -0.4 is 0 Å². The zero-order chi connectivity index (χ0) is 12.5. The molecule has 5 heteroatoms. The highest BCUT2D eigenvalue weighted by atomic mass is 16.5. The molecule has 1 aliphatic carbocycles. The summed E-state index contributed by atoms with van der Waals surface area (Å²) in [5, 5.41) is 7.32. The highest BCUT2D eigenvalue weighted by Gasteiger charge is 2.40. The molecule has 5 nitrogen and oxygen atoms in total. The van der Waals surface area contributed by atoms with Crippen LogP contribution in [0, 0.1) is 6.92 Å². The van der Waals surface area contributed by atoms with E-state index in [2.05, 4.69) is 20.1 Å². The lowest BCUT2D eigenvalue weighted by Crippen LogP contribution is -2.34. The maximum absolute atomic E-state index is 5.55. The number of nitrogens with zero attached hydrogens (tertiary/aromatic N) is 3. The van der Waals surface area contributed by atoms with Crippen molar-refractivity contribution in [2.45, 2.75) is 57.2 Å². The summed E-state index contributed by atoms with van der Waals surface area (Å²) in [5.41, 5.74) is 0. The zero-order valence-corrected chi connectivity index (χ0v) is 11.2. The van der Waals surface area contributed by atoms with Gasteiger partial charge >= 0.3 is 0 Å². The quantitative estimate of drug-likeness (QED) is 0.889. The average molecular weight is 250 g/mol. The maximum Gasteiger partial charge on any atom is 0.167 e. The first kappa shape index (κ1) is 12.1. The summed E-state index contributed by atoms with van der Waals surface area (Å²) in [6, 6.07) is 1.04. The molecule has 3 rings (SSSR count). The van der Waals surface area contributed by atoms with E-state index in [9.17, 15) is 0 Å². The third kappa shape index (κ3) is 2.17. The monoisotopic (exact) mass is 250 g/mol. The van der Waals surface area contributed by atoms with Crippen molar-refractivity contribution in [1.29, 1.82) is 0 Å². The van der Waals surface area contributed by atoms with E-state index in [0.717, 1.165) is 24.6 Å². The van der Waals surface area contributed by atoms with Crippen molar-refractivity contribution in [3.8, 4) is 0 Å². The van der Waals surface area contributed by atoms with E-state index in [1.54, 1.807) is 0 Å². The topological polar surface area (TPSA) is 54.0 Å². The number of likely N-dealkylation sites (tertiary alicyclic amines) is 1. The zero-order valence-electron chi connectivity index (χ0n) is 11.2. The Bertz CT molecular complexity index is 399. The van der Waals surface area contributed by atoms with Crippen molar-refractivity contribution < 1.29 is 4.74 Å². The number of aryl methyl sites for hydroxylation is 1. The summed E-state index contributed by atoms with van der Waals surface area (Å²) in [7, 11) is 1.81. The van der Waals surface area contributed by atoms with Gasteiger partial charge in [0.25, 0.3) is 0 Å². The third-order valence-electron chi connectivity index (χ3n) is 4.34. The van der Waals surface area contributed by atoms with Crippen LogP contribution in [-0.2, 0) is 4.74 Å². The van der Waals surface area contributed by atoms with Gasteiger partial charge in [0.1, 0.15) is 5.82 Å². The molecule has 2 heterocycles. The first-order valence-electron chi connectivity index (χ1n) is 6.95. The lowest BCUT2D eigenvalue weighted by molar-refractivity contribution is 0.0997.